The minimum absolute atomic E-state index is 0.182. The molecule has 5 aromatic rings. The molecule has 32 heavy (non-hydrogen) atoms. The van der Waals surface area contributed by atoms with Crippen molar-refractivity contribution >= 4 is 17.1 Å². The summed E-state index contributed by atoms with van der Waals surface area (Å²) >= 11 is 0. The summed E-state index contributed by atoms with van der Waals surface area (Å²) < 4.78 is 3.95. The molecule has 0 bridgehead atoms. The Balaban J connectivity index is 1.57. The summed E-state index contributed by atoms with van der Waals surface area (Å²) in [5.74, 6) is 0.195. The van der Waals surface area contributed by atoms with E-state index in [-0.39, 0.29) is 5.69 Å². The molecule has 1 fully saturated rings. The van der Waals surface area contributed by atoms with Gasteiger partial charge in [0.25, 0.3) is 5.91 Å². The van der Waals surface area contributed by atoms with Crippen molar-refractivity contribution in [3.8, 4) is 28.2 Å². The Labute approximate surface area is 182 Å². The molecule has 4 heterocycles. The van der Waals surface area contributed by atoms with Crippen LogP contribution in [0.4, 0.5) is 0 Å². The molecule has 0 unspecified atom stereocenters. The number of hydrogen-bond acceptors (Lipinski definition) is 6. The molecule has 0 aliphatic heterocycles. The molecule has 1 amide bonds. The van der Waals surface area contributed by atoms with Gasteiger partial charge in [-0.05, 0) is 42.7 Å². The van der Waals surface area contributed by atoms with Crippen molar-refractivity contribution in [3.63, 3.8) is 0 Å². The highest BCUT2D eigenvalue weighted by Gasteiger charge is 2.27. The van der Waals surface area contributed by atoms with Gasteiger partial charge >= 0.3 is 0 Å². The van der Waals surface area contributed by atoms with Crippen LogP contribution >= 0.6 is 0 Å². The average molecular weight is 422 g/mol. The standard InChI is InChI=1S/C23H18N8O/c24-21(32)20-19(18(8-10-25-20)31-12-27-17-5-2-9-26-23(17)31)14-3-1-4-15(11-14)22-29-28-13-30(22)16-6-7-16/h1-5,8-13,16H,6-7H2,(H2,24,32). The number of amides is 1. The molecule has 0 spiro atoms. The van der Waals surface area contributed by atoms with Gasteiger partial charge in [0.15, 0.2) is 11.5 Å². The Morgan fingerprint density at radius 2 is 1.84 bits per heavy atom. The van der Waals surface area contributed by atoms with Crippen LogP contribution in [0.1, 0.15) is 29.4 Å². The van der Waals surface area contributed by atoms with Crippen LogP contribution < -0.4 is 5.73 Å². The first-order valence-electron chi connectivity index (χ1n) is 10.3. The fraction of sp³-hybridized carbons (Fsp3) is 0.130. The topological polar surface area (TPSA) is 117 Å². The van der Waals surface area contributed by atoms with Gasteiger partial charge in [0.2, 0.25) is 0 Å². The molecule has 6 rings (SSSR count). The van der Waals surface area contributed by atoms with E-state index in [2.05, 4.69) is 29.7 Å². The maximum absolute atomic E-state index is 12.3. The number of pyridine rings is 2. The molecule has 0 radical (unpaired) electrons. The number of carbonyl (C=O) groups is 1. The summed E-state index contributed by atoms with van der Waals surface area (Å²) in [7, 11) is 0. The minimum Gasteiger partial charge on any atom is -0.364 e. The van der Waals surface area contributed by atoms with Gasteiger partial charge in [-0.3, -0.25) is 14.3 Å². The second-order valence-electron chi connectivity index (χ2n) is 7.75. The highest BCUT2D eigenvalue weighted by molar-refractivity contribution is 6.00. The third-order valence-electron chi connectivity index (χ3n) is 5.65. The molecule has 0 saturated heterocycles. The van der Waals surface area contributed by atoms with E-state index in [9.17, 15) is 4.79 Å². The zero-order valence-corrected chi connectivity index (χ0v) is 17.0. The largest absolute Gasteiger partial charge is 0.364 e. The van der Waals surface area contributed by atoms with Crippen molar-refractivity contribution in [2.75, 3.05) is 0 Å². The van der Waals surface area contributed by atoms with Gasteiger partial charge in [0, 0.05) is 29.6 Å². The molecule has 1 aromatic carbocycles. The van der Waals surface area contributed by atoms with E-state index in [0.29, 0.717) is 17.3 Å². The highest BCUT2D eigenvalue weighted by atomic mass is 16.1. The maximum atomic E-state index is 12.3. The highest BCUT2D eigenvalue weighted by Crippen LogP contribution is 2.38. The lowest BCUT2D eigenvalue weighted by atomic mass is 9.99. The quantitative estimate of drug-likeness (QED) is 0.465. The van der Waals surface area contributed by atoms with E-state index in [0.717, 1.165) is 41.0 Å². The van der Waals surface area contributed by atoms with Crippen LogP contribution in [0.2, 0.25) is 0 Å². The maximum Gasteiger partial charge on any atom is 0.268 e. The van der Waals surface area contributed by atoms with Crippen LogP contribution in [0.5, 0.6) is 0 Å². The number of nitrogens with zero attached hydrogens (tertiary/aromatic N) is 7. The lowest BCUT2D eigenvalue weighted by molar-refractivity contribution is 0.0996. The predicted octanol–water partition coefficient (Wildman–Crippen LogP) is 3.17. The minimum atomic E-state index is -0.606. The lowest BCUT2D eigenvalue weighted by Gasteiger charge is -2.15. The molecule has 156 valence electrons. The fourth-order valence-electron chi connectivity index (χ4n) is 4.03. The van der Waals surface area contributed by atoms with Gasteiger partial charge < -0.3 is 10.3 Å². The van der Waals surface area contributed by atoms with Crippen LogP contribution in [0.25, 0.3) is 39.4 Å². The van der Waals surface area contributed by atoms with E-state index in [4.69, 9.17) is 5.73 Å². The van der Waals surface area contributed by atoms with Crippen LogP contribution in [-0.2, 0) is 0 Å². The Morgan fingerprint density at radius 3 is 2.69 bits per heavy atom. The van der Waals surface area contributed by atoms with Gasteiger partial charge in [-0.25, -0.2) is 9.97 Å². The molecular weight excluding hydrogens is 404 g/mol. The van der Waals surface area contributed by atoms with Crippen LogP contribution in [-0.4, -0.2) is 40.2 Å². The summed E-state index contributed by atoms with van der Waals surface area (Å²) in [4.78, 5) is 25.5. The van der Waals surface area contributed by atoms with E-state index in [1.807, 2.05) is 47.0 Å². The second-order valence-corrected chi connectivity index (χ2v) is 7.75. The first-order valence-corrected chi connectivity index (χ1v) is 10.3. The molecule has 4 aromatic heterocycles. The first kappa shape index (κ1) is 18.4. The lowest BCUT2D eigenvalue weighted by Crippen LogP contribution is -2.16. The number of aromatic nitrogens is 7. The number of imidazole rings is 1. The Hall–Kier alpha value is -4.40. The Kier molecular flexibility index (Phi) is 4.07. The van der Waals surface area contributed by atoms with Gasteiger partial charge in [-0.1, -0.05) is 18.2 Å². The number of hydrogen-bond donors (Lipinski definition) is 1. The SMILES string of the molecule is NC(=O)c1nccc(-n2cnc3cccnc32)c1-c1cccc(-c2nncn2C2CC2)c1. The summed E-state index contributed by atoms with van der Waals surface area (Å²) in [6.45, 7) is 0. The molecular formula is C23H18N8O. The van der Waals surface area contributed by atoms with Gasteiger partial charge in [-0.15, -0.1) is 10.2 Å². The van der Waals surface area contributed by atoms with Gasteiger partial charge in [-0.2, -0.15) is 0 Å². The van der Waals surface area contributed by atoms with Crippen molar-refractivity contribution in [2.45, 2.75) is 18.9 Å². The van der Waals surface area contributed by atoms with E-state index < -0.39 is 5.91 Å². The number of benzene rings is 1. The number of carbonyl (C=O) groups excluding carboxylic acids is 1. The van der Waals surface area contributed by atoms with Crippen molar-refractivity contribution in [1.29, 1.82) is 0 Å². The average Bonchev–Trinajstić information content (AvgIpc) is 3.39. The normalized spacial score (nSPS) is 13.5. The zero-order chi connectivity index (χ0) is 21.7. The molecule has 1 aliphatic rings. The smallest absolute Gasteiger partial charge is 0.268 e. The number of rotatable bonds is 5. The summed E-state index contributed by atoms with van der Waals surface area (Å²) in [6.07, 6.45) is 9.00. The van der Waals surface area contributed by atoms with Gasteiger partial charge in [0.1, 0.15) is 23.9 Å². The Morgan fingerprint density at radius 1 is 0.969 bits per heavy atom. The predicted molar refractivity (Wildman–Crippen MR) is 118 cm³/mol. The fourth-order valence-corrected chi connectivity index (χ4v) is 4.03. The second kappa shape index (κ2) is 7.09. The molecule has 1 aliphatic carbocycles. The molecule has 9 heteroatoms. The van der Waals surface area contributed by atoms with E-state index >= 15 is 0 Å². The van der Waals surface area contributed by atoms with E-state index in [1.54, 1.807) is 25.0 Å². The van der Waals surface area contributed by atoms with Crippen molar-refractivity contribution < 1.29 is 4.79 Å². The van der Waals surface area contributed by atoms with E-state index in [1.165, 1.54) is 0 Å². The van der Waals surface area contributed by atoms with Gasteiger partial charge in [0.05, 0.1) is 5.69 Å². The van der Waals surface area contributed by atoms with Crippen LogP contribution in [0, 0.1) is 0 Å². The molecule has 0 atom stereocenters. The first-order chi connectivity index (χ1) is 15.7. The third kappa shape index (κ3) is 2.94. The monoisotopic (exact) mass is 422 g/mol. The van der Waals surface area contributed by atoms with Crippen molar-refractivity contribution in [2.24, 2.45) is 5.73 Å². The third-order valence-corrected chi connectivity index (χ3v) is 5.65. The molecule has 1 saturated carbocycles. The van der Waals surface area contributed by atoms with Crippen LogP contribution in [0.3, 0.4) is 0 Å². The molecule has 2 N–H and O–H groups in total. The Bertz CT molecular complexity index is 1480. The number of fused-ring (bicyclic) bond motifs is 1. The number of nitrogens with two attached hydrogens (primary N) is 1. The molecule has 9 nitrogen and oxygen atoms in total. The summed E-state index contributed by atoms with van der Waals surface area (Å²) in [6, 6.07) is 13.8. The van der Waals surface area contributed by atoms with Crippen molar-refractivity contribution in [1.82, 2.24) is 34.3 Å². The van der Waals surface area contributed by atoms with Crippen molar-refractivity contribution in [3.05, 3.63) is 73.2 Å². The number of primary amides is 1. The van der Waals surface area contributed by atoms with Crippen LogP contribution in [0.15, 0.2) is 67.5 Å². The summed E-state index contributed by atoms with van der Waals surface area (Å²) in [5, 5.41) is 8.44. The zero-order valence-electron chi connectivity index (χ0n) is 17.0. The summed E-state index contributed by atoms with van der Waals surface area (Å²) in [5.41, 5.74) is 10.4.